The Hall–Kier alpha value is -1.18. The third-order valence-electron chi connectivity index (χ3n) is 2.57. The first-order valence-electron chi connectivity index (χ1n) is 5.71. The molecule has 0 amide bonds. The Bertz CT molecular complexity index is 670. The van der Waals surface area contributed by atoms with Crippen LogP contribution in [0.15, 0.2) is 22.7 Å². The molecule has 0 radical (unpaired) electrons. The molecule has 0 spiro atoms. The highest BCUT2D eigenvalue weighted by Crippen LogP contribution is 2.18. The van der Waals surface area contributed by atoms with Gasteiger partial charge in [-0.15, -0.1) is 0 Å². The van der Waals surface area contributed by atoms with Gasteiger partial charge in [-0.2, -0.15) is 0 Å². The number of H-pyrrole nitrogens is 1. The number of hydrogen-bond donors (Lipinski definition) is 1. The number of nitrogens with one attached hydrogen (secondary N) is 1. The van der Waals surface area contributed by atoms with Crippen molar-refractivity contribution in [1.29, 1.82) is 0 Å². The maximum Gasteiger partial charge on any atom is 0.144 e. The van der Waals surface area contributed by atoms with Gasteiger partial charge < -0.3 is 9.72 Å². The number of benzene rings is 1. The average Bonchev–Trinajstić information content (AvgIpc) is 2.34. The molecule has 20 heavy (non-hydrogen) atoms. The van der Waals surface area contributed by atoms with E-state index in [1.165, 1.54) is 12.1 Å². The molecule has 0 atom stereocenters. The predicted octanol–water partition coefficient (Wildman–Crippen LogP) is 3.92. The summed E-state index contributed by atoms with van der Waals surface area (Å²) in [5.74, 6) is -0.712. The van der Waals surface area contributed by atoms with Gasteiger partial charge in [-0.05, 0) is 33.6 Å². The summed E-state index contributed by atoms with van der Waals surface area (Å²) in [6.45, 7) is 0.331. The number of halogens is 3. The Morgan fingerprint density at radius 3 is 2.55 bits per heavy atom. The Labute approximate surface area is 128 Å². The number of ether oxygens (including phenoxy) is 1. The maximum absolute atomic E-state index is 13.2. The van der Waals surface area contributed by atoms with E-state index in [1.54, 1.807) is 7.11 Å². The van der Waals surface area contributed by atoms with Crippen LogP contribution in [0.1, 0.15) is 17.1 Å². The van der Waals surface area contributed by atoms with Gasteiger partial charge in [-0.3, -0.25) is 0 Å². The van der Waals surface area contributed by atoms with Crippen molar-refractivity contribution in [2.45, 2.75) is 13.0 Å². The molecule has 1 heterocycles. The van der Waals surface area contributed by atoms with Gasteiger partial charge in [0.25, 0.3) is 0 Å². The van der Waals surface area contributed by atoms with Crippen LogP contribution in [0.3, 0.4) is 0 Å². The van der Waals surface area contributed by atoms with Crippen molar-refractivity contribution in [2.24, 2.45) is 0 Å². The first-order valence-corrected chi connectivity index (χ1v) is 6.91. The standard InChI is InChI=1S/C13H11BrF2N2OS/c1-19-6-10-12(14)13(20)18-11(17-10)4-7-2-8(15)5-9(16)3-7/h2-3,5H,4,6H2,1H3,(H,17,18,20). The molecule has 0 unspecified atom stereocenters. The van der Waals surface area contributed by atoms with Gasteiger partial charge in [0.2, 0.25) is 0 Å². The summed E-state index contributed by atoms with van der Waals surface area (Å²) in [4.78, 5) is 7.23. The lowest BCUT2D eigenvalue weighted by Gasteiger charge is -2.08. The molecule has 0 saturated heterocycles. The molecule has 2 aromatic rings. The molecular weight excluding hydrogens is 350 g/mol. The van der Waals surface area contributed by atoms with Crippen molar-refractivity contribution in [3.8, 4) is 0 Å². The summed E-state index contributed by atoms with van der Waals surface area (Å²) in [5.41, 5.74) is 1.21. The van der Waals surface area contributed by atoms with E-state index in [1.807, 2.05) is 0 Å². The van der Waals surface area contributed by atoms with Crippen molar-refractivity contribution >= 4 is 28.1 Å². The van der Waals surface area contributed by atoms with E-state index in [9.17, 15) is 8.78 Å². The Morgan fingerprint density at radius 2 is 1.95 bits per heavy atom. The molecular formula is C13H11BrF2N2OS. The number of aromatic nitrogens is 2. The van der Waals surface area contributed by atoms with E-state index in [0.29, 0.717) is 27.1 Å². The third-order valence-corrected chi connectivity index (χ3v) is 3.98. The molecule has 1 aromatic heterocycles. The molecule has 0 bridgehead atoms. The molecule has 0 aliphatic heterocycles. The highest BCUT2D eigenvalue weighted by Gasteiger charge is 2.08. The summed E-state index contributed by atoms with van der Waals surface area (Å²) in [5, 5.41) is 0. The zero-order valence-corrected chi connectivity index (χ0v) is 12.9. The minimum atomic E-state index is -0.618. The van der Waals surface area contributed by atoms with Crippen molar-refractivity contribution in [1.82, 2.24) is 9.97 Å². The number of hydrogen-bond acceptors (Lipinski definition) is 3. The molecule has 2 rings (SSSR count). The topological polar surface area (TPSA) is 37.9 Å². The van der Waals surface area contributed by atoms with Crippen molar-refractivity contribution < 1.29 is 13.5 Å². The van der Waals surface area contributed by atoms with E-state index < -0.39 is 11.6 Å². The highest BCUT2D eigenvalue weighted by atomic mass is 79.9. The van der Waals surface area contributed by atoms with E-state index in [-0.39, 0.29) is 6.42 Å². The second kappa shape index (κ2) is 6.51. The van der Waals surface area contributed by atoms with Crippen LogP contribution in [0.25, 0.3) is 0 Å². The second-order valence-corrected chi connectivity index (χ2v) is 5.35. The van der Waals surface area contributed by atoms with Gasteiger partial charge in [0.1, 0.15) is 22.1 Å². The van der Waals surface area contributed by atoms with Crippen LogP contribution in [0.4, 0.5) is 8.78 Å². The summed E-state index contributed by atoms with van der Waals surface area (Å²) >= 11 is 8.45. The van der Waals surface area contributed by atoms with Crippen LogP contribution < -0.4 is 0 Å². The number of nitrogens with zero attached hydrogens (tertiary/aromatic N) is 1. The van der Waals surface area contributed by atoms with E-state index in [2.05, 4.69) is 25.9 Å². The molecule has 3 nitrogen and oxygen atoms in total. The molecule has 0 aliphatic rings. The minimum Gasteiger partial charge on any atom is -0.378 e. The fourth-order valence-electron chi connectivity index (χ4n) is 1.79. The average molecular weight is 361 g/mol. The van der Waals surface area contributed by atoms with Crippen molar-refractivity contribution in [2.75, 3.05) is 7.11 Å². The summed E-state index contributed by atoms with van der Waals surface area (Å²) in [6.07, 6.45) is 0.252. The quantitative estimate of drug-likeness (QED) is 0.839. The lowest BCUT2D eigenvalue weighted by atomic mass is 10.1. The Balaban J connectivity index is 2.36. The number of rotatable bonds is 4. The van der Waals surface area contributed by atoms with E-state index >= 15 is 0 Å². The van der Waals surface area contributed by atoms with Crippen LogP contribution in [0.2, 0.25) is 0 Å². The normalized spacial score (nSPS) is 10.8. The lowest BCUT2D eigenvalue weighted by Crippen LogP contribution is -2.04. The van der Waals surface area contributed by atoms with Gasteiger partial charge in [0, 0.05) is 19.6 Å². The molecule has 0 saturated carbocycles. The fourth-order valence-corrected chi connectivity index (χ4v) is 2.33. The fraction of sp³-hybridized carbons (Fsp3) is 0.231. The lowest BCUT2D eigenvalue weighted by molar-refractivity contribution is 0.180. The zero-order valence-electron chi connectivity index (χ0n) is 10.5. The molecule has 0 aliphatic carbocycles. The van der Waals surface area contributed by atoms with Crippen LogP contribution in [-0.4, -0.2) is 17.1 Å². The van der Waals surface area contributed by atoms with Crippen LogP contribution in [0.5, 0.6) is 0 Å². The first kappa shape index (κ1) is 15.2. The Morgan fingerprint density at radius 1 is 1.30 bits per heavy atom. The molecule has 1 aromatic carbocycles. The summed E-state index contributed by atoms with van der Waals surface area (Å²) in [6, 6.07) is 3.36. The highest BCUT2D eigenvalue weighted by molar-refractivity contribution is 9.10. The van der Waals surface area contributed by atoms with E-state index in [0.717, 1.165) is 11.8 Å². The second-order valence-electron chi connectivity index (χ2n) is 4.17. The van der Waals surface area contributed by atoms with Crippen molar-refractivity contribution in [3.63, 3.8) is 0 Å². The van der Waals surface area contributed by atoms with Crippen LogP contribution in [0, 0.1) is 16.3 Å². The molecule has 1 N–H and O–H groups in total. The maximum atomic E-state index is 13.2. The SMILES string of the molecule is COCc1[nH]c(Cc2cc(F)cc(F)c2)nc(=S)c1Br. The first-order chi connectivity index (χ1) is 9.49. The van der Waals surface area contributed by atoms with E-state index in [4.69, 9.17) is 17.0 Å². The number of methoxy groups -OCH3 is 1. The Kier molecular flexibility index (Phi) is 4.95. The van der Waals surface area contributed by atoms with Crippen LogP contribution >= 0.6 is 28.1 Å². The van der Waals surface area contributed by atoms with Gasteiger partial charge in [0.15, 0.2) is 0 Å². The molecule has 0 fully saturated rings. The molecule has 106 valence electrons. The zero-order chi connectivity index (χ0) is 14.7. The van der Waals surface area contributed by atoms with Gasteiger partial charge >= 0.3 is 0 Å². The summed E-state index contributed by atoms with van der Waals surface area (Å²) < 4.78 is 32.4. The predicted molar refractivity (Wildman–Crippen MR) is 77.0 cm³/mol. The van der Waals surface area contributed by atoms with Gasteiger partial charge in [-0.1, -0.05) is 12.2 Å². The molecule has 7 heteroatoms. The van der Waals surface area contributed by atoms with Crippen molar-refractivity contribution in [3.05, 3.63) is 56.0 Å². The summed E-state index contributed by atoms with van der Waals surface area (Å²) in [7, 11) is 1.56. The van der Waals surface area contributed by atoms with Gasteiger partial charge in [0.05, 0.1) is 16.8 Å². The minimum absolute atomic E-state index is 0.252. The monoisotopic (exact) mass is 360 g/mol. The smallest absolute Gasteiger partial charge is 0.144 e. The number of aromatic amines is 1. The van der Waals surface area contributed by atoms with Crippen LogP contribution in [-0.2, 0) is 17.8 Å². The third kappa shape index (κ3) is 3.68. The largest absolute Gasteiger partial charge is 0.378 e. The van der Waals surface area contributed by atoms with Gasteiger partial charge in [-0.25, -0.2) is 13.8 Å².